The van der Waals surface area contributed by atoms with Gasteiger partial charge in [-0.3, -0.25) is 4.79 Å². The van der Waals surface area contributed by atoms with Gasteiger partial charge in [0.1, 0.15) is 0 Å². The predicted octanol–water partition coefficient (Wildman–Crippen LogP) is 2.30. The lowest BCUT2D eigenvalue weighted by atomic mass is 9.82. The minimum absolute atomic E-state index is 0.0533. The van der Waals surface area contributed by atoms with E-state index in [0.717, 1.165) is 49.6 Å². The lowest BCUT2D eigenvalue weighted by molar-refractivity contribution is -0.121. The van der Waals surface area contributed by atoms with Gasteiger partial charge in [-0.1, -0.05) is 53.6 Å². The van der Waals surface area contributed by atoms with Gasteiger partial charge in [-0.25, -0.2) is 0 Å². The largest absolute Gasteiger partial charge is 0.350 e. The molecule has 2 aliphatic rings. The van der Waals surface area contributed by atoms with E-state index in [1.807, 2.05) is 60.7 Å². The van der Waals surface area contributed by atoms with Gasteiger partial charge in [0.25, 0.3) is 0 Å². The van der Waals surface area contributed by atoms with E-state index >= 15 is 0 Å². The molecule has 1 atom stereocenters. The van der Waals surface area contributed by atoms with E-state index in [2.05, 4.69) is 25.7 Å². The molecule has 28 heavy (non-hydrogen) atoms. The first kappa shape index (κ1) is 16.9. The molecule has 7 nitrogen and oxygen atoms in total. The third-order valence-corrected chi connectivity index (χ3v) is 5.96. The normalized spacial score (nSPS) is 21.1. The summed E-state index contributed by atoms with van der Waals surface area (Å²) >= 11 is 0. The van der Waals surface area contributed by atoms with E-state index in [1.165, 1.54) is 0 Å². The van der Waals surface area contributed by atoms with Crippen LogP contribution >= 0.6 is 0 Å². The molecule has 3 aromatic rings. The van der Waals surface area contributed by atoms with E-state index < -0.39 is 0 Å². The van der Waals surface area contributed by atoms with Gasteiger partial charge in [0, 0.05) is 18.6 Å². The molecule has 0 radical (unpaired) electrons. The number of rotatable bonds is 3. The van der Waals surface area contributed by atoms with Crippen molar-refractivity contribution in [2.24, 2.45) is 0 Å². The summed E-state index contributed by atoms with van der Waals surface area (Å²) in [5.74, 6) is 0.848. The first-order valence-corrected chi connectivity index (χ1v) is 9.70. The molecule has 1 spiro atoms. The molecule has 2 fully saturated rings. The van der Waals surface area contributed by atoms with Crippen molar-refractivity contribution in [2.75, 3.05) is 18.0 Å². The number of hydrogen-bond acceptors (Lipinski definition) is 5. The van der Waals surface area contributed by atoms with Crippen molar-refractivity contribution >= 4 is 11.9 Å². The van der Waals surface area contributed by atoms with Crippen LogP contribution in [0.1, 0.15) is 30.7 Å². The summed E-state index contributed by atoms with van der Waals surface area (Å²) in [5.41, 5.74) is 1.92. The summed E-state index contributed by atoms with van der Waals surface area (Å²) in [5, 5.41) is 15.6. The number of aromatic nitrogens is 4. The minimum atomic E-state index is -0.126. The summed E-state index contributed by atoms with van der Waals surface area (Å²) in [7, 11) is 0. The van der Waals surface area contributed by atoms with Crippen LogP contribution in [0.4, 0.5) is 5.95 Å². The Morgan fingerprint density at radius 3 is 2.36 bits per heavy atom. The van der Waals surface area contributed by atoms with Crippen LogP contribution in [-0.4, -0.2) is 44.7 Å². The van der Waals surface area contributed by atoms with Crippen LogP contribution in [0.5, 0.6) is 0 Å². The maximum absolute atomic E-state index is 12.6. The van der Waals surface area contributed by atoms with Gasteiger partial charge in [0.2, 0.25) is 11.9 Å². The Labute approximate surface area is 163 Å². The Hall–Kier alpha value is -3.22. The second-order valence-corrected chi connectivity index (χ2v) is 7.65. The second kappa shape index (κ2) is 6.74. The molecule has 0 unspecified atom stereocenters. The number of nitrogens with one attached hydrogen (secondary N) is 1. The molecule has 1 aromatic heterocycles. The SMILES string of the molecule is O=C1NC2(CCN(c3nnnn3-c3ccccc3)CC2)C[C@@H]1c1ccccc1. The van der Waals surface area contributed by atoms with Gasteiger partial charge < -0.3 is 10.2 Å². The fraction of sp³-hybridized carbons (Fsp3) is 0.333. The van der Waals surface area contributed by atoms with Gasteiger partial charge in [-0.05, 0) is 47.4 Å². The number of benzene rings is 2. The van der Waals surface area contributed by atoms with Gasteiger partial charge in [-0.2, -0.15) is 4.68 Å². The molecule has 3 heterocycles. The number of para-hydroxylation sites is 1. The van der Waals surface area contributed by atoms with E-state index in [9.17, 15) is 4.79 Å². The Morgan fingerprint density at radius 2 is 1.64 bits per heavy atom. The molecule has 2 aromatic carbocycles. The Balaban J connectivity index is 1.32. The zero-order chi connectivity index (χ0) is 19.0. The van der Waals surface area contributed by atoms with Crippen molar-refractivity contribution in [1.29, 1.82) is 0 Å². The highest BCUT2D eigenvalue weighted by Crippen LogP contribution is 2.39. The monoisotopic (exact) mass is 374 g/mol. The Morgan fingerprint density at radius 1 is 0.964 bits per heavy atom. The third-order valence-electron chi connectivity index (χ3n) is 5.96. The average molecular weight is 374 g/mol. The maximum Gasteiger partial charge on any atom is 0.250 e. The van der Waals surface area contributed by atoms with Crippen LogP contribution in [-0.2, 0) is 4.79 Å². The van der Waals surface area contributed by atoms with Crippen molar-refractivity contribution in [3.63, 3.8) is 0 Å². The highest BCUT2D eigenvalue weighted by Gasteiger charge is 2.46. The molecule has 0 aliphatic carbocycles. The van der Waals surface area contributed by atoms with Crippen molar-refractivity contribution in [3.05, 3.63) is 66.2 Å². The zero-order valence-electron chi connectivity index (χ0n) is 15.5. The van der Waals surface area contributed by atoms with E-state index in [0.29, 0.717) is 0 Å². The van der Waals surface area contributed by atoms with E-state index in [4.69, 9.17) is 0 Å². The summed E-state index contributed by atoms with van der Waals surface area (Å²) < 4.78 is 1.78. The van der Waals surface area contributed by atoms with Gasteiger partial charge in [0.15, 0.2) is 0 Å². The van der Waals surface area contributed by atoms with Gasteiger partial charge in [0.05, 0.1) is 11.6 Å². The molecule has 142 valence electrons. The number of carbonyl (C=O) groups excluding carboxylic acids is 1. The fourth-order valence-corrected chi connectivity index (χ4v) is 4.42. The Kier molecular flexibility index (Phi) is 4.07. The number of anilines is 1. The van der Waals surface area contributed by atoms with Crippen LogP contribution < -0.4 is 10.2 Å². The van der Waals surface area contributed by atoms with Crippen molar-refractivity contribution in [2.45, 2.75) is 30.7 Å². The second-order valence-electron chi connectivity index (χ2n) is 7.65. The lowest BCUT2D eigenvalue weighted by Crippen LogP contribution is -2.51. The van der Waals surface area contributed by atoms with Crippen LogP contribution in [0.15, 0.2) is 60.7 Å². The van der Waals surface area contributed by atoms with Crippen molar-refractivity contribution in [1.82, 2.24) is 25.5 Å². The standard InChI is InChI=1S/C21H22N6O/c28-19-18(16-7-3-1-4-8-16)15-21(22-19)11-13-26(14-12-21)20-23-24-25-27(20)17-9-5-2-6-10-17/h1-10,18H,11-15H2,(H,22,28)/t18-/m1/s1. The molecule has 2 saturated heterocycles. The molecule has 7 heteroatoms. The molecule has 0 saturated carbocycles. The molecular weight excluding hydrogens is 352 g/mol. The molecule has 2 aliphatic heterocycles. The van der Waals surface area contributed by atoms with Crippen LogP contribution in [0.25, 0.3) is 5.69 Å². The summed E-state index contributed by atoms with van der Waals surface area (Å²) in [4.78, 5) is 14.8. The van der Waals surface area contributed by atoms with Gasteiger partial charge in [-0.15, -0.1) is 0 Å². The smallest absolute Gasteiger partial charge is 0.250 e. The number of amides is 1. The molecular formula is C21H22N6O. The highest BCUT2D eigenvalue weighted by molar-refractivity contribution is 5.87. The quantitative estimate of drug-likeness (QED) is 0.761. The molecule has 1 N–H and O–H groups in total. The van der Waals surface area contributed by atoms with Crippen molar-refractivity contribution in [3.8, 4) is 5.69 Å². The summed E-state index contributed by atoms with van der Waals surface area (Å²) in [6, 6.07) is 20.0. The van der Waals surface area contributed by atoms with E-state index in [-0.39, 0.29) is 17.4 Å². The maximum atomic E-state index is 12.6. The number of hydrogen-bond donors (Lipinski definition) is 1. The van der Waals surface area contributed by atoms with Crippen LogP contribution in [0, 0.1) is 0 Å². The molecule has 1 amide bonds. The van der Waals surface area contributed by atoms with Crippen LogP contribution in [0.3, 0.4) is 0 Å². The number of nitrogens with zero attached hydrogens (tertiary/aromatic N) is 5. The average Bonchev–Trinajstić information content (AvgIpc) is 3.35. The molecule has 5 rings (SSSR count). The van der Waals surface area contributed by atoms with E-state index in [1.54, 1.807) is 4.68 Å². The fourth-order valence-electron chi connectivity index (χ4n) is 4.42. The topological polar surface area (TPSA) is 75.9 Å². The predicted molar refractivity (Wildman–Crippen MR) is 105 cm³/mol. The summed E-state index contributed by atoms with van der Waals surface area (Å²) in [6.45, 7) is 1.63. The third kappa shape index (κ3) is 2.93. The van der Waals surface area contributed by atoms with Gasteiger partial charge >= 0.3 is 0 Å². The minimum Gasteiger partial charge on any atom is -0.350 e. The number of carbonyl (C=O) groups is 1. The zero-order valence-corrected chi connectivity index (χ0v) is 15.5. The Bertz CT molecular complexity index is 963. The molecule has 0 bridgehead atoms. The number of tetrazole rings is 1. The van der Waals surface area contributed by atoms with Crippen LogP contribution in [0.2, 0.25) is 0 Å². The first-order chi connectivity index (χ1) is 13.7. The summed E-state index contributed by atoms with van der Waals surface area (Å²) in [6.07, 6.45) is 2.64. The lowest BCUT2D eigenvalue weighted by Gasteiger charge is -2.39. The first-order valence-electron chi connectivity index (χ1n) is 9.70. The van der Waals surface area contributed by atoms with Crippen molar-refractivity contribution < 1.29 is 4.79 Å². The highest BCUT2D eigenvalue weighted by atomic mass is 16.2. The number of piperidine rings is 1.